The summed E-state index contributed by atoms with van der Waals surface area (Å²) < 4.78 is 13.2. The summed E-state index contributed by atoms with van der Waals surface area (Å²) >= 11 is 0. The van der Waals surface area contributed by atoms with Gasteiger partial charge in [0.15, 0.2) is 0 Å². The average Bonchev–Trinajstić information content (AvgIpc) is 3.08. The van der Waals surface area contributed by atoms with E-state index in [2.05, 4.69) is 23.4 Å². The third-order valence-electron chi connectivity index (χ3n) is 3.87. The summed E-state index contributed by atoms with van der Waals surface area (Å²) in [6.45, 7) is 8.35. The molecule has 0 aromatic carbocycles. The number of nitrogens with zero attached hydrogens (tertiary/aromatic N) is 2. The average molecular weight is 281 g/mol. The first-order chi connectivity index (χ1) is 9.68. The van der Waals surface area contributed by atoms with Crippen LogP contribution >= 0.6 is 0 Å². The molecule has 5 heteroatoms. The molecule has 1 aliphatic rings. The van der Waals surface area contributed by atoms with Crippen molar-refractivity contribution in [3.8, 4) is 0 Å². The second-order valence-corrected chi connectivity index (χ2v) is 5.96. The highest BCUT2D eigenvalue weighted by atomic mass is 16.5. The lowest BCUT2D eigenvalue weighted by Crippen LogP contribution is -2.25. The lowest BCUT2D eigenvalue weighted by molar-refractivity contribution is 0.115. The molecule has 0 radical (unpaired) electrons. The molecule has 0 amide bonds. The first-order valence-corrected chi connectivity index (χ1v) is 7.59. The topological polar surface area (TPSA) is 62.3 Å². The molecule has 0 spiro atoms. The molecule has 0 saturated carbocycles. The van der Waals surface area contributed by atoms with Crippen LogP contribution in [0.25, 0.3) is 0 Å². The van der Waals surface area contributed by atoms with E-state index in [-0.39, 0.29) is 6.04 Å². The summed E-state index contributed by atoms with van der Waals surface area (Å²) in [4.78, 5) is 4.23. The monoisotopic (exact) mass is 281 g/mol. The highest BCUT2D eigenvalue weighted by Crippen LogP contribution is 2.26. The minimum absolute atomic E-state index is 0.00987. The Morgan fingerprint density at radius 1 is 1.50 bits per heavy atom. The van der Waals surface area contributed by atoms with Gasteiger partial charge in [-0.2, -0.15) is 0 Å². The van der Waals surface area contributed by atoms with E-state index in [0.29, 0.717) is 18.4 Å². The maximum absolute atomic E-state index is 6.33. The van der Waals surface area contributed by atoms with Crippen molar-refractivity contribution in [3.05, 3.63) is 18.2 Å². The molecule has 2 N–H and O–H groups in total. The van der Waals surface area contributed by atoms with Crippen molar-refractivity contribution in [3.63, 3.8) is 0 Å². The summed E-state index contributed by atoms with van der Waals surface area (Å²) in [6, 6.07) is 0.00987. The van der Waals surface area contributed by atoms with Crippen LogP contribution in [-0.2, 0) is 16.0 Å². The van der Waals surface area contributed by atoms with Crippen LogP contribution in [0.3, 0.4) is 0 Å². The lowest BCUT2D eigenvalue weighted by Gasteiger charge is -2.19. The number of nitrogens with two attached hydrogens (primary N) is 1. The van der Waals surface area contributed by atoms with E-state index in [0.717, 1.165) is 44.9 Å². The van der Waals surface area contributed by atoms with E-state index in [9.17, 15) is 0 Å². The molecule has 1 saturated heterocycles. The highest BCUT2D eigenvalue weighted by Gasteiger charge is 2.26. The molecule has 2 atom stereocenters. The Kier molecular flexibility index (Phi) is 6.01. The van der Waals surface area contributed by atoms with Crippen LogP contribution in [0.2, 0.25) is 0 Å². The fraction of sp³-hybridized carbons (Fsp3) is 0.800. The molecule has 0 aliphatic carbocycles. The minimum Gasteiger partial charge on any atom is -0.381 e. The summed E-state index contributed by atoms with van der Waals surface area (Å²) in [5.74, 6) is 1.10. The Labute approximate surface area is 121 Å². The third kappa shape index (κ3) is 4.30. The Morgan fingerprint density at radius 3 is 3.05 bits per heavy atom. The minimum atomic E-state index is 0.00987. The first-order valence-electron chi connectivity index (χ1n) is 7.59. The number of hydrogen-bond acceptors (Lipinski definition) is 4. The normalized spacial score (nSPS) is 20.7. The molecular formula is C15H27N3O2. The molecule has 1 fully saturated rings. The van der Waals surface area contributed by atoms with E-state index in [1.54, 1.807) is 0 Å². The van der Waals surface area contributed by atoms with Gasteiger partial charge in [0, 0.05) is 31.9 Å². The van der Waals surface area contributed by atoms with Gasteiger partial charge in [0.25, 0.3) is 0 Å². The fourth-order valence-corrected chi connectivity index (χ4v) is 2.46. The zero-order valence-corrected chi connectivity index (χ0v) is 12.6. The molecule has 1 aliphatic heterocycles. The van der Waals surface area contributed by atoms with E-state index in [4.69, 9.17) is 15.2 Å². The summed E-state index contributed by atoms with van der Waals surface area (Å²) in [5, 5.41) is 0. The summed E-state index contributed by atoms with van der Waals surface area (Å²) in [5.41, 5.74) is 7.42. The zero-order valence-electron chi connectivity index (χ0n) is 12.6. The van der Waals surface area contributed by atoms with Crippen LogP contribution in [0, 0.1) is 11.8 Å². The molecular weight excluding hydrogens is 254 g/mol. The third-order valence-corrected chi connectivity index (χ3v) is 3.87. The molecule has 114 valence electrons. The van der Waals surface area contributed by atoms with Crippen LogP contribution in [0.1, 0.15) is 38.4 Å². The smallest absolute Gasteiger partial charge is 0.0949 e. The zero-order chi connectivity index (χ0) is 14.4. The molecule has 2 rings (SSSR count). The predicted molar refractivity (Wildman–Crippen MR) is 78.4 cm³/mol. The van der Waals surface area contributed by atoms with Gasteiger partial charge in [-0.1, -0.05) is 13.8 Å². The van der Waals surface area contributed by atoms with Crippen molar-refractivity contribution in [2.24, 2.45) is 17.6 Å². The van der Waals surface area contributed by atoms with Gasteiger partial charge in [-0.05, 0) is 18.8 Å². The first kappa shape index (κ1) is 15.5. The Bertz CT molecular complexity index is 386. The highest BCUT2D eigenvalue weighted by molar-refractivity contribution is 5.07. The molecule has 0 bridgehead atoms. The van der Waals surface area contributed by atoms with Crippen LogP contribution < -0.4 is 5.73 Å². The fourth-order valence-electron chi connectivity index (χ4n) is 2.46. The van der Waals surface area contributed by atoms with Crippen LogP contribution in [0.4, 0.5) is 0 Å². The van der Waals surface area contributed by atoms with Crippen molar-refractivity contribution in [2.75, 3.05) is 26.4 Å². The molecule has 20 heavy (non-hydrogen) atoms. The number of rotatable bonds is 8. The number of ether oxygens (including phenoxy) is 2. The van der Waals surface area contributed by atoms with Crippen molar-refractivity contribution in [2.45, 2.75) is 39.3 Å². The number of imidazole rings is 1. The molecule has 2 heterocycles. The van der Waals surface area contributed by atoms with E-state index in [1.807, 2.05) is 12.5 Å². The van der Waals surface area contributed by atoms with Gasteiger partial charge in [0.2, 0.25) is 0 Å². The van der Waals surface area contributed by atoms with E-state index in [1.165, 1.54) is 0 Å². The second-order valence-electron chi connectivity index (χ2n) is 5.96. The number of hydrogen-bond donors (Lipinski definition) is 1. The van der Waals surface area contributed by atoms with Gasteiger partial charge in [-0.25, -0.2) is 4.98 Å². The van der Waals surface area contributed by atoms with Gasteiger partial charge >= 0.3 is 0 Å². The van der Waals surface area contributed by atoms with Gasteiger partial charge in [-0.15, -0.1) is 0 Å². The molecule has 1 aromatic heterocycles. The van der Waals surface area contributed by atoms with Gasteiger partial charge in [0.05, 0.1) is 31.3 Å². The molecule has 1 aromatic rings. The largest absolute Gasteiger partial charge is 0.381 e. The Balaban J connectivity index is 1.79. The Hall–Kier alpha value is -0.910. The molecule has 5 nitrogen and oxygen atoms in total. The quantitative estimate of drug-likeness (QED) is 0.740. The van der Waals surface area contributed by atoms with Gasteiger partial charge in [0.1, 0.15) is 0 Å². The van der Waals surface area contributed by atoms with Crippen LogP contribution in [0.15, 0.2) is 12.5 Å². The standard InChI is InChI=1S/C15H27N3O2/c1-12(2)3-6-19-8-5-18-11-17-9-14(18)15(16)13-4-7-20-10-13/h9,11-13,15H,3-8,10,16H2,1-2H3. The maximum Gasteiger partial charge on any atom is 0.0949 e. The second kappa shape index (κ2) is 7.76. The van der Waals surface area contributed by atoms with E-state index >= 15 is 0 Å². The lowest BCUT2D eigenvalue weighted by atomic mass is 9.97. The van der Waals surface area contributed by atoms with Crippen LogP contribution in [-0.4, -0.2) is 36.0 Å². The maximum atomic E-state index is 6.33. The van der Waals surface area contributed by atoms with Crippen molar-refractivity contribution in [1.82, 2.24) is 9.55 Å². The SMILES string of the molecule is CC(C)CCOCCn1cncc1C(N)C1CCOC1. The number of aromatic nitrogens is 2. The van der Waals surface area contributed by atoms with Gasteiger partial charge < -0.3 is 19.8 Å². The van der Waals surface area contributed by atoms with Gasteiger partial charge in [-0.3, -0.25) is 0 Å². The van der Waals surface area contributed by atoms with Crippen LogP contribution in [0.5, 0.6) is 0 Å². The van der Waals surface area contributed by atoms with E-state index < -0.39 is 0 Å². The van der Waals surface area contributed by atoms with Crippen molar-refractivity contribution >= 4 is 0 Å². The predicted octanol–water partition coefficient (Wildman–Crippen LogP) is 1.98. The summed E-state index contributed by atoms with van der Waals surface area (Å²) in [6.07, 6.45) is 5.86. The van der Waals surface area contributed by atoms with Crippen molar-refractivity contribution < 1.29 is 9.47 Å². The summed E-state index contributed by atoms with van der Waals surface area (Å²) in [7, 11) is 0. The Morgan fingerprint density at radius 2 is 2.35 bits per heavy atom. The van der Waals surface area contributed by atoms with Crippen molar-refractivity contribution in [1.29, 1.82) is 0 Å². The molecule has 2 unspecified atom stereocenters.